The van der Waals surface area contributed by atoms with Gasteiger partial charge in [-0.1, -0.05) is 17.7 Å². The highest BCUT2D eigenvalue weighted by atomic mass is 16.5. The first-order chi connectivity index (χ1) is 10.2. The number of benzene rings is 1. The molecule has 21 heavy (non-hydrogen) atoms. The van der Waals surface area contributed by atoms with Gasteiger partial charge >= 0.3 is 0 Å². The summed E-state index contributed by atoms with van der Waals surface area (Å²) in [5.41, 5.74) is 1.20. The lowest BCUT2D eigenvalue weighted by Crippen LogP contribution is -2.40. The van der Waals surface area contributed by atoms with Crippen LogP contribution in [0.2, 0.25) is 0 Å². The minimum Gasteiger partial charge on any atom is -0.491 e. The molecule has 0 aliphatic carbocycles. The van der Waals surface area contributed by atoms with E-state index in [1.165, 1.54) is 5.56 Å². The number of nitrogens with zero attached hydrogens (tertiary/aromatic N) is 3. The third-order valence-electron chi connectivity index (χ3n) is 3.76. The van der Waals surface area contributed by atoms with Gasteiger partial charge < -0.3 is 14.4 Å². The summed E-state index contributed by atoms with van der Waals surface area (Å²) >= 11 is 0. The second-order valence-corrected chi connectivity index (χ2v) is 5.55. The first-order valence-electron chi connectivity index (χ1n) is 7.30. The number of aryl methyl sites for hydroxylation is 1. The molecule has 1 aromatic heterocycles. The summed E-state index contributed by atoms with van der Waals surface area (Å²) in [7, 11) is 0. The zero-order chi connectivity index (χ0) is 14.7. The van der Waals surface area contributed by atoms with E-state index in [0.717, 1.165) is 31.2 Å². The molecule has 1 aromatic carbocycles. The van der Waals surface area contributed by atoms with Gasteiger partial charge in [0.2, 0.25) is 0 Å². The number of imidazole rings is 1. The van der Waals surface area contributed by atoms with Crippen LogP contribution in [0.25, 0.3) is 0 Å². The Morgan fingerprint density at radius 2 is 2.10 bits per heavy atom. The van der Waals surface area contributed by atoms with E-state index in [1.54, 1.807) is 0 Å². The molecule has 112 valence electrons. The summed E-state index contributed by atoms with van der Waals surface area (Å²) in [5, 5.41) is 10.1. The zero-order valence-electron chi connectivity index (χ0n) is 12.3. The summed E-state index contributed by atoms with van der Waals surface area (Å²) < 4.78 is 7.78. The molecule has 1 aliphatic heterocycles. The van der Waals surface area contributed by atoms with Gasteiger partial charge in [0, 0.05) is 32.0 Å². The molecule has 0 bridgehead atoms. The van der Waals surface area contributed by atoms with Crippen molar-refractivity contribution in [2.75, 3.05) is 19.7 Å². The van der Waals surface area contributed by atoms with Crippen LogP contribution in [-0.4, -0.2) is 45.4 Å². The average Bonchev–Trinajstić information content (AvgIpc) is 2.94. The molecule has 1 unspecified atom stereocenters. The highest BCUT2D eigenvalue weighted by molar-refractivity contribution is 5.26. The van der Waals surface area contributed by atoms with E-state index in [2.05, 4.69) is 14.5 Å². The molecule has 5 heteroatoms. The highest BCUT2D eigenvalue weighted by Gasteiger charge is 2.19. The molecule has 0 spiro atoms. The van der Waals surface area contributed by atoms with E-state index in [4.69, 9.17) is 4.74 Å². The normalized spacial score (nSPS) is 16.5. The predicted molar refractivity (Wildman–Crippen MR) is 80.2 cm³/mol. The topological polar surface area (TPSA) is 50.5 Å². The molecule has 2 heterocycles. The molecule has 3 rings (SSSR count). The first-order valence-corrected chi connectivity index (χ1v) is 7.30. The maximum absolute atomic E-state index is 10.1. The lowest BCUT2D eigenvalue weighted by Gasteiger charge is -2.29. The minimum absolute atomic E-state index is 0.313. The summed E-state index contributed by atoms with van der Waals surface area (Å²) in [6.07, 6.45) is 3.34. The molecule has 0 saturated carbocycles. The number of ether oxygens (including phenoxy) is 1. The van der Waals surface area contributed by atoms with Gasteiger partial charge in [-0.25, -0.2) is 4.98 Å². The Bertz CT molecular complexity index is 579. The van der Waals surface area contributed by atoms with Crippen molar-refractivity contribution < 1.29 is 9.84 Å². The van der Waals surface area contributed by atoms with E-state index < -0.39 is 6.10 Å². The van der Waals surface area contributed by atoms with Crippen LogP contribution in [0.15, 0.2) is 36.7 Å². The number of fused-ring (bicyclic) bond motifs is 1. The van der Waals surface area contributed by atoms with E-state index in [-0.39, 0.29) is 0 Å². The van der Waals surface area contributed by atoms with Gasteiger partial charge in [0.25, 0.3) is 0 Å². The molecule has 1 atom stereocenters. The van der Waals surface area contributed by atoms with Crippen molar-refractivity contribution in [1.82, 2.24) is 14.5 Å². The first kappa shape index (κ1) is 14.1. The number of aliphatic hydroxyl groups is 1. The second kappa shape index (κ2) is 6.28. The number of rotatable bonds is 5. The van der Waals surface area contributed by atoms with Crippen LogP contribution in [0, 0.1) is 6.92 Å². The van der Waals surface area contributed by atoms with Crippen LogP contribution >= 0.6 is 0 Å². The summed E-state index contributed by atoms with van der Waals surface area (Å²) in [6, 6.07) is 7.87. The van der Waals surface area contributed by atoms with Crippen molar-refractivity contribution in [3.8, 4) is 5.75 Å². The van der Waals surface area contributed by atoms with Gasteiger partial charge in [-0.05, 0) is 19.1 Å². The monoisotopic (exact) mass is 287 g/mol. The van der Waals surface area contributed by atoms with Gasteiger partial charge in [0.15, 0.2) is 0 Å². The van der Waals surface area contributed by atoms with Gasteiger partial charge in [0.1, 0.15) is 24.3 Å². The Hall–Kier alpha value is -1.85. The van der Waals surface area contributed by atoms with Crippen LogP contribution in [-0.2, 0) is 13.1 Å². The molecule has 1 N–H and O–H groups in total. The number of hydrogen-bond donors (Lipinski definition) is 1. The number of aromatic nitrogens is 2. The van der Waals surface area contributed by atoms with Gasteiger partial charge in [-0.2, -0.15) is 0 Å². The van der Waals surface area contributed by atoms with E-state index in [9.17, 15) is 5.11 Å². The Labute approximate surface area is 124 Å². The summed E-state index contributed by atoms with van der Waals surface area (Å²) in [6.45, 7) is 5.62. The van der Waals surface area contributed by atoms with Crippen molar-refractivity contribution in [3.63, 3.8) is 0 Å². The zero-order valence-corrected chi connectivity index (χ0v) is 12.3. The Kier molecular flexibility index (Phi) is 4.22. The van der Waals surface area contributed by atoms with Crippen LogP contribution in [0.4, 0.5) is 0 Å². The lowest BCUT2D eigenvalue weighted by molar-refractivity contribution is 0.0583. The quantitative estimate of drug-likeness (QED) is 0.904. The summed E-state index contributed by atoms with van der Waals surface area (Å²) in [5.74, 6) is 1.86. The molecule has 2 aromatic rings. The van der Waals surface area contributed by atoms with Crippen LogP contribution in [0.5, 0.6) is 5.75 Å². The van der Waals surface area contributed by atoms with Crippen LogP contribution < -0.4 is 4.74 Å². The van der Waals surface area contributed by atoms with E-state index in [0.29, 0.717) is 13.2 Å². The Morgan fingerprint density at radius 3 is 2.90 bits per heavy atom. The van der Waals surface area contributed by atoms with Crippen molar-refractivity contribution in [2.45, 2.75) is 26.1 Å². The number of hydrogen-bond acceptors (Lipinski definition) is 4. The number of β-amino-alcohol motifs (C(OH)–C–C–N with tert-alkyl or cyclic N) is 1. The van der Waals surface area contributed by atoms with Crippen molar-refractivity contribution in [2.24, 2.45) is 0 Å². The van der Waals surface area contributed by atoms with Gasteiger partial charge in [-0.3, -0.25) is 4.90 Å². The molecule has 0 fully saturated rings. The molecular formula is C16H21N3O2. The lowest BCUT2D eigenvalue weighted by atomic mass is 10.2. The largest absolute Gasteiger partial charge is 0.491 e. The third-order valence-corrected chi connectivity index (χ3v) is 3.76. The predicted octanol–water partition coefficient (Wildman–Crippen LogP) is 1.45. The summed E-state index contributed by atoms with van der Waals surface area (Å²) in [4.78, 5) is 6.54. The molecule has 0 amide bonds. The van der Waals surface area contributed by atoms with Crippen LogP contribution in [0.1, 0.15) is 11.4 Å². The van der Waals surface area contributed by atoms with Crippen molar-refractivity contribution >= 4 is 0 Å². The third kappa shape index (κ3) is 3.62. The highest BCUT2D eigenvalue weighted by Crippen LogP contribution is 2.13. The van der Waals surface area contributed by atoms with Crippen LogP contribution in [0.3, 0.4) is 0 Å². The fraction of sp³-hybridized carbons (Fsp3) is 0.438. The van der Waals surface area contributed by atoms with Gasteiger partial charge in [-0.15, -0.1) is 0 Å². The molecule has 0 radical (unpaired) electrons. The van der Waals surface area contributed by atoms with Gasteiger partial charge in [0.05, 0.1) is 6.54 Å². The Morgan fingerprint density at radius 1 is 1.29 bits per heavy atom. The SMILES string of the molecule is Cc1ccc(OCC(O)CN2CCn3ccnc3C2)cc1. The van der Waals surface area contributed by atoms with Crippen molar-refractivity contribution in [3.05, 3.63) is 48.0 Å². The standard InChI is InChI=1S/C16H21N3O2/c1-13-2-4-15(5-3-13)21-12-14(20)10-18-8-9-19-7-6-17-16(19)11-18/h2-7,14,20H,8-12H2,1H3. The van der Waals surface area contributed by atoms with E-state index in [1.807, 2.05) is 43.6 Å². The molecule has 5 nitrogen and oxygen atoms in total. The smallest absolute Gasteiger partial charge is 0.122 e. The fourth-order valence-corrected chi connectivity index (χ4v) is 2.56. The molecule has 0 saturated heterocycles. The fourth-order valence-electron chi connectivity index (χ4n) is 2.56. The molecular weight excluding hydrogens is 266 g/mol. The maximum atomic E-state index is 10.1. The molecule has 1 aliphatic rings. The Balaban J connectivity index is 1.46. The minimum atomic E-state index is -0.493. The second-order valence-electron chi connectivity index (χ2n) is 5.55. The average molecular weight is 287 g/mol. The maximum Gasteiger partial charge on any atom is 0.122 e. The van der Waals surface area contributed by atoms with E-state index >= 15 is 0 Å². The van der Waals surface area contributed by atoms with Crippen molar-refractivity contribution in [1.29, 1.82) is 0 Å². The number of aliphatic hydroxyl groups excluding tert-OH is 1.